The van der Waals surface area contributed by atoms with Crippen LogP contribution in [0.1, 0.15) is 83.5 Å². The lowest BCUT2D eigenvalue weighted by Crippen LogP contribution is -2.27. The molecule has 0 heterocycles. The van der Waals surface area contributed by atoms with Crippen molar-refractivity contribution in [1.82, 2.24) is 21.4 Å². The smallest absolute Gasteiger partial charge is 0.220 e. The van der Waals surface area contributed by atoms with E-state index in [-0.39, 0.29) is 40.0 Å². The zero-order valence-corrected chi connectivity index (χ0v) is 26.2. The predicted molar refractivity (Wildman–Crippen MR) is 164 cm³/mol. The van der Waals surface area contributed by atoms with Crippen LogP contribution in [-0.4, -0.2) is 74.5 Å². The maximum atomic E-state index is 11.9. The Hall–Kier alpha value is -0.400. The highest BCUT2D eigenvalue weighted by Gasteiger charge is 2.05. The molecule has 8 nitrogen and oxygen atoms in total. The minimum Gasteiger partial charge on any atom is -0.359 e. The molecule has 0 aromatic rings. The van der Waals surface area contributed by atoms with Gasteiger partial charge in [-0.15, -0.1) is 9.45 Å². The fourth-order valence-corrected chi connectivity index (χ4v) is 7.16. The standard InChI is InChI=1S/C25H50N4O4S4/c1-26-23(30)14-15-25(32)28-16-9-5-3-6-10-19-35-36-20-11-7-4-8-13-24(31)29-17-22-37(34)21-12-18-33-27-2/h27H,3-22H2,1-2H3,(H,26,30)(H,28,32)(H,29,31). The molecule has 1 atom stereocenters. The fraction of sp³-hybridized carbons (Fsp3) is 0.880. The monoisotopic (exact) mass is 598 g/mol. The van der Waals surface area contributed by atoms with Crippen molar-refractivity contribution in [3.8, 4) is 0 Å². The molecule has 0 aliphatic heterocycles. The molecular formula is C25H50N4O4S4. The van der Waals surface area contributed by atoms with Gasteiger partial charge < -0.3 is 20.8 Å². The molecule has 0 saturated carbocycles. The van der Waals surface area contributed by atoms with Crippen LogP contribution in [0.15, 0.2) is 0 Å². The van der Waals surface area contributed by atoms with Gasteiger partial charge in [0.15, 0.2) is 0 Å². The van der Waals surface area contributed by atoms with Crippen LogP contribution in [0, 0.1) is 0 Å². The zero-order chi connectivity index (χ0) is 27.4. The van der Waals surface area contributed by atoms with Crippen molar-refractivity contribution in [2.75, 3.05) is 56.8 Å². The minimum atomic E-state index is -0.0972. The first-order valence-electron chi connectivity index (χ1n) is 13.6. The Labute approximate surface area is 240 Å². The minimum absolute atomic E-state index is 0.0431. The number of carbonyl (C=O) groups excluding carboxylic acids is 3. The number of rotatable bonds is 27. The van der Waals surface area contributed by atoms with E-state index in [9.17, 15) is 14.4 Å². The van der Waals surface area contributed by atoms with Crippen LogP contribution < -0.4 is 21.4 Å². The topological polar surface area (TPSA) is 109 Å². The van der Waals surface area contributed by atoms with E-state index in [0.29, 0.717) is 26.1 Å². The van der Waals surface area contributed by atoms with Gasteiger partial charge in [0.25, 0.3) is 0 Å². The maximum Gasteiger partial charge on any atom is 0.220 e. The van der Waals surface area contributed by atoms with E-state index >= 15 is 0 Å². The van der Waals surface area contributed by atoms with Crippen LogP contribution in [0.4, 0.5) is 0 Å². The Bertz CT molecular complexity index is 615. The molecule has 0 radical (unpaired) electrons. The molecule has 0 rings (SSSR count). The van der Waals surface area contributed by atoms with Gasteiger partial charge in [-0.05, 0) is 32.1 Å². The summed E-state index contributed by atoms with van der Waals surface area (Å²) in [6.07, 6.45) is 12.4. The Morgan fingerprint density at radius 3 is 1.92 bits per heavy atom. The summed E-state index contributed by atoms with van der Waals surface area (Å²) in [4.78, 5) is 39.7. The van der Waals surface area contributed by atoms with Crippen LogP contribution in [0.3, 0.4) is 0 Å². The van der Waals surface area contributed by atoms with Crippen molar-refractivity contribution in [3.63, 3.8) is 0 Å². The molecule has 0 bridgehead atoms. The predicted octanol–water partition coefficient (Wildman–Crippen LogP) is 3.65. The van der Waals surface area contributed by atoms with Gasteiger partial charge in [-0.2, -0.15) is 0 Å². The molecule has 0 saturated heterocycles. The van der Waals surface area contributed by atoms with Crippen molar-refractivity contribution < 1.29 is 19.2 Å². The lowest BCUT2D eigenvalue weighted by molar-refractivity contribution is -0.126. The summed E-state index contributed by atoms with van der Waals surface area (Å²) in [5.41, 5.74) is 2.66. The SMILES string of the molecule is CNOCCCS(=S)CCNC(=O)CCCCCCSSCCCCCCCNC(=O)CCC(=O)NC. The van der Waals surface area contributed by atoms with Gasteiger partial charge in [0.05, 0.1) is 6.61 Å². The summed E-state index contributed by atoms with van der Waals surface area (Å²) in [7, 11) is 7.19. The molecule has 0 aliphatic carbocycles. The van der Waals surface area contributed by atoms with E-state index in [4.69, 9.17) is 16.0 Å². The first-order valence-corrected chi connectivity index (χ1v) is 18.6. The van der Waals surface area contributed by atoms with E-state index in [1.54, 1.807) is 14.1 Å². The first-order chi connectivity index (χ1) is 18.0. The Balaban J connectivity index is 3.28. The molecule has 4 N–H and O–H groups in total. The van der Waals surface area contributed by atoms with Crippen LogP contribution in [0.5, 0.6) is 0 Å². The third kappa shape index (κ3) is 28.4. The lowest BCUT2D eigenvalue weighted by atomic mass is 10.1. The second-order valence-electron chi connectivity index (χ2n) is 8.70. The first kappa shape index (κ1) is 36.6. The van der Waals surface area contributed by atoms with E-state index < -0.39 is 0 Å². The van der Waals surface area contributed by atoms with Gasteiger partial charge in [0, 0.05) is 69.5 Å². The van der Waals surface area contributed by atoms with Crippen LogP contribution in [0.2, 0.25) is 0 Å². The fourth-order valence-electron chi connectivity index (χ4n) is 3.29. The van der Waals surface area contributed by atoms with Crippen molar-refractivity contribution in [1.29, 1.82) is 0 Å². The van der Waals surface area contributed by atoms with Crippen LogP contribution in [0.25, 0.3) is 0 Å². The third-order valence-electron chi connectivity index (χ3n) is 5.46. The molecule has 0 fully saturated rings. The zero-order valence-electron chi connectivity index (χ0n) is 22.9. The molecule has 0 aliphatic rings. The van der Waals surface area contributed by atoms with Crippen molar-refractivity contribution in [2.24, 2.45) is 0 Å². The maximum absolute atomic E-state index is 11.9. The van der Waals surface area contributed by atoms with E-state index in [1.807, 2.05) is 21.6 Å². The van der Waals surface area contributed by atoms with Gasteiger partial charge in [0.1, 0.15) is 0 Å². The number of unbranched alkanes of at least 4 members (excludes halogenated alkanes) is 7. The summed E-state index contributed by atoms with van der Waals surface area (Å²) < 4.78 is 0. The molecule has 0 aromatic heterocycles. The van der Waals surface area contributed by atoms with E-state index in [2.05, 4.69) is 21.4 Å². The average Bonchev–Trinajstić information content (AvgIpc) is 2.89. The molecule has 3 amide bonds. The lowest BCUT2D eigenvalue weighted by Gasteiger charge is -2.08. The second-order valence-corrected chi connectivity index (χ2v) is 14.5. The third-order valence-corrected chi connectivity index (χ3v) is 10.4. The number of nitrogens with one attached hydrogen (secondary N) is 4. The molecule has 37 heavy (non-hydrogen) atoms. The summed E-state index contributed by atoms with van der Waals surface area (Å²) in [6, 6.07) is 0. The Kier molecular flexibility index (Phi) is 28.3. The number of amides is 3. The number of carbonyl (C=O) groups is 3. The quantitative estimate of drug-likeness (QED) is 0.0645. The molecular weight excluding hydrogens is 549 g/mol. The van der Waals surface area contributed by atoms with E-state index in [1.165, 1.54) is 43.6 Å². The van der Waals surface area contributed by atoms with Crippen molar-refractivity contribution in [2.45, 2.75) is 83.5 Å². The number of hydroxylamine groups is 1. The summed E-state index contributed by atoms with van der Waals surface area (Å²) in [5.74, 6) is 4.22. The normalized spacial score (nSPS) is 11.7. The number of hydrogen-bond acceptors (Lipinski definition) is 8. The van der Waals surface area contributed by atoms with E-state index in [0.717, 1.165) is 43.6 Å². The van der Waals surface area contributed by atoms with Crippen molar-refractivity contribution in [3.05, 3.63) is 0 Å². The second kappa shape index (κ2) is 28.6. The van der Waals surface area contributed by atoms with Gasteiger partial charge >= 0.3 is 0 Å². The highest BCUT2D eigenvalue weighted by Crippen LogP contribution is 2.24. The summed E-state index contributed by atoms with van der Waals surface area (Å²) in [5, 5.41) is 8.40. The molecule has 218 valence electrons. The van der Waals surface area contributed by atoms with Crippen LogP contribution >= 0.6 is 21.6 Å². The molecule has 12 heteroatoms. The number of hydrogen-bond donors (Lipinski definition) is 4. The van der Waals surface area contributed by atoms with Gasteiger partial charge in [-0.3, -0.25) is 14.4 Å². The highest BCUT2D eigenvalue weighted by molar-refractivity contribution is 8.76. The van der Waals surface area contributed by atoms with Gasteiger partial charge in [0.2, 0.25) is 17.7 Å². The average molecular weight is 599 g/mol. The van der Waals surface area contributed by atoms with Gasteiger partial charge in [-0.1, -0.05) is 64.9 Å². The van der Waals surface area contributed by atoms with Crippen LogP contribution in [-0.2, 0) is 39.9 Å². The summed E-state index contributed by atoms with van der Waals surface area (Å²) in [6.45, 7) is 2.06. The van der Waals surface area contributed by atoms with Gasteiger partial charge in [-0.25, -0.2) is 5.48 Å². The molecule has 0 spiro atoms. The summed E-state index contributed by atoms with van der Waals surface area (Å²) >= 11 is 5.44. The van der Waals surface area contributed by atoms with Crippen molar-refractivity contribution >= 4 is 60.0 Å². The Morgan fingerprint density at radius 1 is 0.676 bits per heavy atom. The Morgan fingerprint density at radius 2 is 1.24 bits per heavy atom. The molecule has 1 unspecified atom stereocenters. The highest BCUT2D eigenvalue weighted by atomic mass is 33.1. The largest absolute Gasteiger partial charge is 0.359 e. The molecule has 0 aromatic carbocycles.